The van der Waals surface area contributed by atoms with Crippen molar-refractivity contribution >= 4 is 70.4 Å². The van der Waals surface area contributed by atoms with Crippen LogP contribution in [0.2, 0.25) is 0 Å². The minimum Gasteiger partial charge on any atom is -0.310 e. The van der Waals surface area contributed by atoms with Gasteiger partial charge in [-0.05, 0) is 100 Å². The van der Waals surface area contributed by atoms with E-state index >= 15 is 0 Å². The van der Waals surface area contributed by atoms with E-state index in [0.29, 0.717) is 0 Å². The van der Waals surface area contributed by atoms with E-state index in [2.05, 4.69) is 205 Å². The topological polar surface area (TPSA) is 8.17 Å². The van der Waals surface area contributed by atoms with Crippen molar-refractivity contribution in [1.29, 1.82) is 0 Å². The maximum atomic E-state index is 2.43. The Morgan fingerprint density at radius 1 is 0.426 bits per heavy atom. The van der Waals surface area contributed by atoms with Gasteiger partial charge in [-0.3, -0.25) is 0 Å². The second-order valence-corrected chi connectivity index (χ2v) is 16.1. The van der Waals surface area contributed by atoms with E-state index < -0.39 is 0 Å². The number of aromatic nitrogens is 1. The first kappa shape index (κ1) is 31.1. The van der Waals surface area contributed by atoms with Crippen molar-refractivity contribution in [3.63, 3.8) is 0 Å². The SMILES string of the molecule is CC1(C)c2ccccc2-c2ccc(N(c3ccc(-c4ccccc4)cc3)c3ccc4sc5cc(-n6c7ccccc7c7ccccc76)ccc5c4c3)cc21. The number of fused-ring (bicyclic) bond motifs is 9. The zero-order chi connectivity index (χ0) is 36.0. The maximum Gasteiger partial charge on any atom is 0.0541 e. The van der Waals surface area contributed by atoms with Gasteiger partial charge in [-0.1, -0.05) is 129 Å². The first-order valence-electron chi connectivity index (χ1n) is 18.7. The fraction of sp³-hybridized carbons (Fsp3) is 0.0588. The fourth-order valence-corrected chi connectivity index (χ4v) is 10.1. The van der Waals surface area contributed by atoms with Crippen LogP contribution in [-0.4, -0.2) is 4.57 Å². The lowest BCUT2D eigenvalue weighted by atomic mass is 9.82. The summed E-state index contributed by atoms with van der Waals surface area (Å²) in [5.41, 5.74) is 14.9. The number of benzene rings is 8. The van der Waals surface area contributed by atoms with Crippen molar-refractivity contribution in [3.05, 3.63) is 193 Å². The average molecular weight is 709 g/mol. The zero-order valence-corrected chi connectivity index (χ0v) is 30.9. The minimum atomic E-state index is -0.0909. The second kappa shape index (κ2) is 11.8. The molecule has 2 nitrogen and oxygen atoms in total. The molecule has 1 aliphatic carbocycles. The van der Waals surface area contributed by atoms with Gasteiger partial charge < -0.3 is 9.47 Å². The highest BCUT2D eigenvalue weighted by molar-refractivity contribution is 7.25. The molecular weight excluding hydrogens is 673 g/mol. The molecule has 10 aromatic rings. The number of rotatable bonds is 5. The monoisotopic (exact) mass is 708 g/mol. The molecule has 2 aromatic heterocycles. The molecule has 0 saturated heterocycles. The van der Waals surface area contributed by atoms with Crippen LogP contribution in [0.1, 0.15) is 25.0 Å². The molecule has 11 rings (SSSR count). The number of thiophene rings is 1. The Balaban J connectivity index is 1.06. The highest BCUT2D eigenvalue weighted by Gasteiger charge is 2.35. The van der Waals surface area contributed by atoms with Gasteiger partial charge in [-0.2, -0.15) is 0 Å². The lowest BCUT2D eigenvalue weighted by molar-refractivity contribution is 0.660. The van der Waals surface area contributed by atoms with Gasteiger partial charge in [0.2, 0.25) is 0 Å². The van der Waals surface area contributed by atoms with Gasteiger partial charge in [0.25, 0.3) is 0 Å². The highest BCUT2D eigenvalue weighted by atomic mass is 32.1. The van der Waals surface area contributed by atoms with Gasteiger partial charge in [-0.25, -0.2) is 0 Å². The first-order valence-corrected chi connectivity index (χ1v) is 19.5. The second-order valence-electron chi connectivity index (χ2n) is 15.0. The largest absolute Gasteiger partial charge is 0.310 e. The normalized spacial score (nSPS) is 13.1. The van der Waals surface area contributed by atoms with E-state index in [0.717, 1.165) is 17.1 Å². The molecule has 0 saturated carbocycles. The number of nitrogens with zero attached hydrogens (tertiary/aromatic N) is 2. The van der Waals surface area contributed by atoms with E-state index in [1.807, 2.05) is 11.3 Å². The molecule has 0 N–H and O–H groups in total. The van der Waals surface area contributed by atoms with Gasteiger partial charge in [0.15, 0.2) is 0 Å². The lowest BCUT2D eigenvalue weighted by Gasteiger charge is -2.28. The molecule has 3 heteroatoms. The Labute approximate surface area is 318 Å². The number of para-hydroxylation sites is 2. The Morgan fingerprint density at radius 2 is 1.04 bits per heavy atom. The van der Waals surface area contributed by atoms with Crippen LogP contribution < -0.4 is 4.90 Å². The van der Waals surface area contributed by atoms with Crippen molar-refractivity contribution < 1.29 is 0 Å². The standard InChI is InChI=1S/C51H36N2S/c1-51(2)45-17-9-6-14-39(45)40-27-24-37(31-46(40)51)52(35-22-20-34(21-23-35)33-12-4-3-5-13-33)36-26-29-49-44(30-36)43-28-25-38(32-50(43)54-49)53-47-18-10-7-15-41(47)42-16-8-11-19-48(42)53/h3-32H,1-2H3. The van der Waals surface area contributed by atoms with Crippen LogP contribution >= 0.6 is 11.3 Å². The van der Waals surface area contributed by atoms with Crippen LogP contribution in [0.25, 0.3) is 69.9 Å². The molecule has 2 heterocycles. The van der Waals surface area contributed by atoms with Crippen LogP contribution in [0.3, 0.4) is 0 Å². The van der Waals surface area contributed by atoms with E-state index in [9.17, 15) is 0 Å². The molecular formula is C51H36N2S. The minimum absolute atomic E-state index is 0.0909. The van der Waals surface area contributed by atoms with Crippen molar-refractivity contribution in [3.8, 4) is 27.9 Å². The van der Waals surface area contributed by atoms with E-state index in [1.165, 1.54) is 81.0 Å². The number of hydrogen-bond donors (Lipinski definition) is 0. The Morgan fingerprint density at radius 3 is 1.81 bits per heavy atom. The summed E-state index contributed by atoms with van der Waals surface area (Å²) >= 11 is 1.87. The molecule has 0 bridgehead atoms. The predicted molar refractivity (Wildman–Crippen MR) is 231 cm³/mol. The lowest BCUT2D eigenvalue weighted by Crippen LogP contribution is -2.16. The van der Waals surface area contributed by atoms with Gasteiger partial charge in [0.1, 0.15) is 0 Å². The summed E-state index contributed by atoms with van der Waals surface area (Å²) in [6.07, 6.45) is 0. The molecule has 0 amide bonds. The van der Waals surface area contributed by atoms with E-state index in [4.69, 9.17) is 0 Å². The Bertz CT molecular complexity index is 3020. The van der Waals surface area contributed by atoms with Crippen molar-refractivity contribution in [1.82, 2.24) is 4.57 Å². The average Bonchev–Trinajstić information content (AvgIpc) is 3.83. The fourth-order valence-electron chi connectivity index (χ4n) is 8.94. The van der Waals surface area contributed by atoms with Crippen LogP contribution in [0.5, 0.6) is 0 Å². The molecule has 1 aliphatic rings. The summed E-state index contributed by atoms with van der Waals surface area (Å²) < 4.78 is 4.99. The van der Waals surface area contributed by atoms with Gasteiger partial charge in [0.05, 0.1) is 11.0 Å². The summed E-state index contributed by atoms with van der Waals surface area (Å²) in [4.78, 5) is 2.43. The molecule has 0 atom stereocenters. The van der Waals surface area contributed by atoms with Gasteiger partial charge in [-0.15, -0.1) is 11.3 Å². The third-order valence-electron chi connectivity index (χ3n) is 11.6. The summed E-state index contributed by atoms with van der Waals surface area (Å²) in [7, 11) is 0. The smallest absolute Gasteiger partial charge is 0.0541 e. The van der Waals surface area contributed by atoms with Crippen LogP contribution in [-0.2, 0) is 5.41 Å². The number of anilines is 3. The van der Waals surface area contributed by atoms with Crippen LogP contribution in [0.15, 0.2) is 182 Å². The molecule has 8 aromatic carbocycles. The highest BCUT2D eigenvalue weighted by Crippen LogP contribution is 2.51. The Hall–Kier alpha value is -6.42. The number of hydrogen-bond acceptors (Lipinski definition) is 2. The van der Waals surface area contributed by atoms with Gasteiger partial charge in [0, 0.05) is 59.1 Å². The molecule has 0 aliphatic heterocycles. The van der Waals surface area contributed by atoms with Crippen LogP contribution in [0, 0.1) is 0 Å². The summed E-state index contributed by atoms with van der Waals surface area (Å²) in [5, 5.41) is 5.13. The van der Waals surface area contributed by atoms with E-state index in [1.54, 1.807) is 0 Å². The van der Waals surface area contributed by atoms with Crippen molar-refractivity contribution in [2.45, 2.75) is 19.3 Å². The van der Waals surface area contributed by atoms with Gasteiger partial charge >= 0.3 is 0 Å². The first-order chi connectivity index (χ1) is 26.5. The molecule has 0 spiro atoms. The quantitative estimate of drug-likeness (QED) is 0.173. The predicted octanol–water partition coefficient (Wildman–Crippen LogP) is 14.6. The van der Waals surface area contributed by atoms with Crippen molar-refractivity contribution in [2.24, 2.45) is 0 Å². The molecule has 0 unspecified atom stereocenters. The molecule has 256 valence electrons. The van der Waals surface area contributed by atoms with Crippen LogP contribution in [0.4, 0.5) is 17.1 Å². The third-order valence-corrected chi connectivity index (χ3v) is 12.7. The summed E-state index contributed by atoms with van der Waals surface area (Å²) in [6, 6.07) is 67.1. The molecule has 0 fully saturated rings. The van der Waals surface area contributed by atoms with E-state index in [-0.39, 0.29) is 5.41 Å². The molecule has 0 radical (unpaired) electrons. The zero-order valence-electron chi connectivity index (χ0n) is 30.1. The summed E-state index contributed by atoms with van der Waals surface area (Å²) in [5.74, 6) is 0. The molecule has 54 heavy (non-hydrogen) atoms. The maximum absolute atomic E-state index is 2.43. The Kier molecular flexibility index (Phi) is 6.80. The summed E-state index contributed by atoms with van der Waals surface area (Å²) in [6.45, 7) is 4.72. The van der Waals surface area contributed by atoms with Crippen molar-refractivity contribution in [2.75, 3.05) is 4.90 Å². The third kappa shape index (κ3) is 4.65.